The van der Waals surface area contributed by atoms with E-state index in [2.05, 4.69) is 0 Å². The molecular weight excluding hydrogens is 484 g/mol. The number of carbonyl (C=O) groups excluding carboxylic acids is 5. The van der Waals surface area contributed by atoms with Gasteiger partial charge in [-0.15, -0.1) is 0 Å². The summed E-state index contributed by atoms with van der Waals surface area (Å²) < 4.78 is 0. The number of Topliss-reactive ketones (excluding diaryl/α,β-unsaturated/α-hetero) is 4. The van der Waals surface area contributed by atoms with Crippen molar-refractivity contribution in [1.82, 2.24) is 0 Å². The van der Waals surface area contributed by atoms with Crippen molar-refractivity contribution >= 4 is 29.4 Å². The third-order valence-electron chi connectivity index (χ3n) is 11.6. The van der Waals surface area contributed by atoms with Crippen LogP contribution < -0.4 is 0 Å². The number of ketones is 4. The van der Waals surface area contributed by atoms with Crippen LogP contribution in [0.5, 0.6) is 0 Å². The van der Waals surface area contributed by atoms with E-state index in [1.54, 1.807) is 13.8 Å². The first-order chi connectivity index (χ1) is 17.5. The molecule has 0 aromatic rings. The highest BCUT2D eigenvalue weighted by atomic mass is 16.3. The van der Waals surface area contributed by atoms with Gasteiger partial charge in [-0.25, -0.2) is 0 Å². The number of rotatable bonds is 7. The van der Waals surface area contributed by atoms with Gasteiger partial charge in [0.2, 0.25) is 0 Å². The van der Waals surface area contributed by atoms with Gasteiger partial charge in [0, 0.05) is 54.1 Å². The number of hydrogen-bond donors (Lipinski definition) is 2. The first-order valence-electron chi connectivity index (χ1n) is 14.2. The Morgan fingerprint density at radius 1 is 1.00 bits per heavy atom. The molecule has 0 amide bonds. The van der Waals surface area contributed by atoms with E-state index in [1.165, 1.54) is 0 Å². The SMILES string of the molecule is CC(CC=O)CC(=O)CC(C)C1CC(=O)C2(C)C3=C(C(=O)C(O)C12C)C1(C)CCC(O)C(C)(C)C1CC3=O. The van der Waals surface area contributed by atoms with E-state index >= 15 is 0 Å². The summed E-state index contributed by atoms with van der Waals surface area (Å²) in [6, 6.07) is 0. The van der Waals surface area contributed by atoms with E-state index in [0.29, 0.717) is 24.8 Å². The van der Waals surface area contributed by atoms with Crippen LogP contribution in [0.1, 0.15) is 93.4 Å². The molecule has 0 radical (unpaired) electrons. The molecule has 210 valence electrons. The molecule has 9 unspecified atom stereocenters. The summed E-state index contributed by atoms with van der Waals surface area (Å²) in [6.45, 7) is 13.0. The highest BCUT2D eigenvalue weighted by molar-refractivity contribution is 6.17. The third-order valence-corrected chi connectivity index (χ3v) is 11.6. The second kappa shape index (κ2) is 9.29. The largest absolute Gasteiger partial charge is 0.393 e. The van der Waals surface area contributed by atoms with Gasteiger partial charge in [0.25, 0.3) is 0 Å². The van der Waals surface area contributed by atoms with Gasteiger partial charge in [0.05, 0.1) is 11.5 Å². The van der Waals surface area contributed by atoms with Crippen LogP contribution in [0.15, 0.2) is 11.1 Å². The lowest BCUT2D eigenvalue weighted by Gasteiger charge is -2.60. The molecule has 2 saturated carbocycles. The standard InChI is InChI=1S/C31H44O7/c1-16(9-11-32)12-18(33)13-17(2)19-14-23(36)31(7)24-20(34)15-21-28(3,4)22(35)8-10-29(21,5)25(24)26(37)27(38)30(19,31)6/h11,16-17,19,21-22,27,35,38H,8-10,12-15H2,1-7H3. The number of fused-ring (bicyclic) bond motifs is 4. The second-order valence-corrected chi connectivity index (χ2v) is 14.1. The van der Waals surface area contributed by atoms with Crippen molar-refractivity contribution in [3.8, 4) is 0 Å². The maximum absolute atomic E-state index is 14.1. The molecule has 38 heavy (non-hydrogen) atoms. The maximum Gasteiger partial charge on any atom is 0.188 e. The van der Waals surface area contributed by atoms with Gasteiger partial charge in [-0.2, -0.15) is 0 Å². The molecule has 0 aromatic heterocycles. The van der Waals surface area contributed by atoms with Crippen LogP contribution in [0, 0.1) is 45.3 Å². The molecular formula is C31H44O7. The lowest BCUT2D eigenvalue weighted by Crippen LogP contribution is -2.64. The van der Waals surface area contributed by atoms with Crippen LogP contribution in [0.2, 0.25) is 0 Å². The summed E-state index contributed by atoms with van der Waals surface area (Å²) >= 11 is 0. The summed E-state index contributed by atoms with van der Waals surface area (Å²) in [7, 11) is 0. The number of aliphatic hydroxyl groups excluding tert-OH is 2. The van der Waals surface area contributed by atoms with Gasteiger partial charge in [-0.1, -0.05) is 41.5 Å². The van der Waals surface area contributed by atoms with Crippen molar-refractivity contribution in [3.05, 3.63) is 11.1 Å². The monoisotopic (exact) mass is 528 g/mol. The summed E-state index contributed by atoms with van der Waals surface area (Å²) in [5, 5.41) is 22.5. The fourth-order valence-electron chi connectivity index (χ4n) is 9.06. The Hall–Kier alpha value is -1.99. The maximum atomic E-state index is 14.1. The zero-order valence-electron chi connectivity index (χ0n) is 23.9. The first kappa shape index (κ1) is 29.0. The molecule has 0 saturated heterocycles. The quantitative estimate of drug-likeness (QED) is 0.481. The van der Waals surface area contributed by atoms with Gasteiger partial charge in [-0.3, -0.25) is 19.2 Å². The average molecular weight is 529 g/mol. The van der Waals surface area contributed by atoms with Crippen molar-refractivity contribution in [1.29, 1.82) is 0 Å². The zero-order chi connectivity index (χ0) is 28.6. The minimum atomic E-state index is -1.48. The Labute approximate surface area is 225 Å². The smallest absolute Gasteiger partial charge is 0.188 e. The van der Waals surface area contributed by atoms with Crippen LogP contribution in [0.4, 0.5) is 0 Å². The molecule has 4 aliphatic carbocycles. The highest BCUT2D eigenvalue weighted by Crippen LogP contribution is 2.70. The lowest BCUT2D eigenvalue weighted by atomic mass is 9.42. The Balaban J connectivity index is 1.79. The van der Waals surface area contributed by atoms with E-state index < -0.39 is 45.6 Å². The van der Waals surface area contributed by atoms with E-state index in [0.717, 1.165) is 6.29 Å². The molecule has 4 rings (SSSR count). The average Bonchev–Trinajstić information content (AvgIpc) is 3.03. The molecule has 0 heterocycles. The molecule has 0 bridgehead atoms. The third kappa shape index (κ3) is 3.71. The van der Waals surface area contributed by atoms with Crippen molar-refractivity contribution in [2.45, 2.75) is 106 Å². The predicted octanol–water partition coefficient (Wildman–Crippen LogP) is 3.81. The topological polar surface area (TPSA) is 126 Å². The summed E-state index contributed by atoms with van der Waals surface area (Å²) in [4.78, 5) is 65.6. The van der Waals surface area contributed by atoms with Gasteiger partial charge >= 0.3 is 0 Å². The summed E-state index contributed by atoms with van der Waals surface area (Å²) in [5.41, 5.74) is -3.34. The van der Waals surface area contributed by atoms with Crippen molar-refractivity contribution < 1.29 is 34.2 Å². The normalized spacial score (nSPS) is 41.8. The van der Waals surface area contributed by atoms with E-state index in [9.17, 15) is 34.2 Å². The van der Waals surface area contributed by atoms with E-state index in [-0.39, 0.29) is 66.4 Å². The molecule has 0 aliphatic heterocycles. The lowest BCUT2D eigenvalue weighted by molar-refractivity contribution is -0.158. The fraction of sp³-hybridized carbons (Fsp3) is 0.774. The van der Waals surface area contributed by atoms with E-state index in [4.69, 9.17) is 0 Å². The van der Waals surface area contributed by atoms with Crippen LogP contribution in [0.3, 0.4) is 0 Å². The zero-order valence-corrected chi connectivity index (χ0v) is 23.9. The number of allylic oxidation sites excluding steroid dienone is 1. The van der Waals surface area contributed by atoms with Crippen LogP contribution >= 0.6 is 0 Å². The number of hydrogen-bond acceptors (Lipinski definition) is 7. The molecule has 7 nitrogen and oxygen atoms in total. The van der Waals surface area contributed by atoms with Crippen molar-refractivity contribution in [2.75, 3.05) is 0 Å². The molecule has 0 spiro atoms. The molecule has 7 heteroatoms. The Kier molecular flexibility index (Phi) is 7.09. The Bertz CT molecular complexity index is 1120. The summed E-state index contributed by atoms with van der Waals surface area (Å²) in [5.74, 6) is -2.00. The van der Waals surface area contributed by atoms with Gasteiger partial charge in [0.15, 0.2) is 11.6 Å². The minimum Gasteiger partial charge on any atom is -0.393 e. The Morgan fingerprint density at radius 3 is 2.24 bits per heavy atom. The molecule has 9 atom stereocenters. The number of aldehydes is 1. The fourth-order valence-corrected chi connectivity index (χ4v) is 9.06. The van der Waals surface area contributed by atoms with E-state index in [1.807, 2.05) is 34.6 Å². The number of carbonyl (C=O) groups is 5. The Morgan fingerprint density at radius 2 is 1.63 bits per heavy atom. The highest BCUT2D eigenvalue weighted by Gasteiger charge is 2.73. The van der Waals surface area contributed by atoms with Crippen LogP contribution in [-0.4, -0.2) is 51.8 Å². The first-order valence-corrected chi connectivity index (χ1v) is 14.2. The molecule has 4 aliphatic rings. The second-order valence-electron chi connectivity index (χ2n) is 14.1. The molecule has 0 aromatic carbocycles. The van der Waals surface area contributed by atoms with Gasteiger partial charge in [-0.05, 0) is 48.9 Å². The number of aliphatic hydroxyl groups is 2. The van der Waals surface area contributed by atoms with Gasteiger partial charge < -0.3 is 15.0 Å². The van der Waals surface area contributed by atoms with Crippen LogP contribution in [0.25, 0.3) is 0 Å². The van der Waals surface area contributed by atoms with Gasteiger partial charge in [0.1, 0.15) is 24.0 Å². The predicted molar refractivity (Wildman–Crippen MR) is 141 cm³/mol. The minimum absolute atomic E-state index is 0.0138. The summed E-state index contributed by atoms with van der Waals surface area (Å²) in [6.07, 6.45) is 0.670. The van der Waals surface area contributed by atoms with Crippen molar-refractivity contribution in [2.24, 2.45) is 45.3 Å². The molecule has 2 fully saturated rings. The van der Waals surface area contributed by atoms with Crippen LogP contribution in [-0.2, 0) is 24.0 Å². The molecule has 2 N–H and O–H groups in total. The van der Waals surface area contributed by atoms with Crippen molar-refractivity contribution in [3.63, 3.8) is 0 Å².